The van der Waals surface area contributed by atoms with Crippen LogP contribution in [0.2, 0.25) is 0 Å². The van der Waals surface area contributed by atoms with Gasteiger partial charge in [0.05, 0.1) is 23.8 Å². The minimum atomic E-state index is -0.420. The molecule has 2 heterocycles. The van der Waals surface area contributed by atoms with Gasteiger partial charge in [-0.05, 0) is 31.2 Å². The molecular weight excluding hydrogens is 300 g/mol. The highest BCUT2D eigenvalue weighted by atomic mass is 16.5. The van der Waals surface area contributed by atoms with Crippen LogP contribution in [-0.4, -0.2) is 22.6 Å². The monoisotopic (exact) mass is 316 g/mol. The standard InChI is InChI=1S/C20H16N2O2/c1-13-19-16(12-17(21-13)20(23)24-2)15-10-6-7-11-18(15)22(19)14-8-4-3-5-9-14/h3-12H,1-2H3. The molecule has 0 amide bonds. The van der Waals surface area contributed by atoms with E-state index in [-0.39, 0.29) is 0 Å². The molecule has 0 atom stereocenters. The van der Waals surface area contributed by atoms with E-state index in [9.17, 15) is 4.79 Å². The maximum atomic E-state index is 11.9. The van der Waals surface area contributed by atoms with Crippen molar-refractivity contribution < 1.29 is 9.53 Å². The third-order valence-electron chi connectivity index (χ3n) is 4.23. The predicted octanol–water partition coefficient (Wildman–Crippen LogP) is 4.27. The fourth-order valence-corrected chi connectivity index (χ4v) is 3.22. The van der Waals surface area contributed by atoms with E-state index in [4.69, 9.17) is 4.74 Å². The van der Waals surface area contributed by atoms with Crippen molar-refractivity contribution in [2.75, 3.05) is 7.11 Å². The smallest absolute Gasteiger partial charge is 0.356 e. The van der Waals surface area contributed by atoms with E-state index in [1.807, 2.05) is 43.3 Å². The van der Waals surface area contributed by atoms with Gasteiger partial charge in [0.25, 0.3) is 0 Å². The van der Waals surface area contributed by atoms with Crippen LogP contribution < -0.4 is 0 Å². The molecule has 118 valence electrons. The van der Waals surface area contributed by atoms with Crippen molar-refractivity contribution in [3.05, 3.63) is 72.1 Å². The van der Waals surface area contributed by atoms with Gasteiger partial charge in [0.2, 0.25) is 0 Å². The molecule has 0 N–H and O–H groups in total. The summed E-state index contributed by atoms with van der Waals surface area (Å²) in [6.07, 6.45) is 0. The number of fused-ring (bicyclic) bond motifs is 3. The number of nitrogens with zero attached hydrogens (tertiary/aromatic N) is 2. The van der Waals surface area contributed by atoms with Gasteiger partial charge in [-0.3, -0.25) is 0 Å². The molecule has 24 heavy (non-hydrogen) atoms. The zero-order valence-corrected chi connectivity index (χ0v) is 13.5. The second kappa shape index (κ2) is 5.49. The molecule has 0 spiro atoms. The maximum Gasteiger partial charge on any atom is 0.356 e. The van der Waals surface area contributed by atoms with Crippen LogP contribution >= 0.6 is 0 Å². The molecule has 0 aliphatic carbocycles. The maximum absolute atomic E-state index is 11.9. The van der Waals surface area contributed by atoms with Crippen LogP contribution in [0.25, 0.3) is 27.5 Å². The first kappa shape index (κ1) is 14.5. The molecule has 0 saturated heterocycles. The number of ether oxygens (including phenoxy) is 1. The number of carbonyl (C=O) groups excluding carboxylic acids is 1. The Morgan fingerprint density at radius 3 is 2.46 bits per heavy atom. The normalized spacial score (nSPS) is 11.1. The van der Waals surface area contributed by atoms with Crippen LogP contribution in [0, 0.1) is 6.92 Å². The molecule has 0 fully saturated rings. The number of aryl methyl sites for hydroxylation is 1. The number of esters is 1. The van der Waals surface area contributed by atoms with Crippen molar-refractivity contribution in [1.29, 1.82) is 0 Å². The van der Waals surface area contributed by atoms with Crippen molar-refractivity contribution in [1.82, 2.24) is 9.55 Å². The zero-order valence-electron chi connectivity index (χ0n) is 13.5. The van der Waals surface area contributed by atoms with Gasteiger partial charge in [0.1, 0.15) is 5.69 Å². The molecule has 0 radical (unpaired) electrons. The molecular formula is C20H16N2O2. The lowest BCUT2D eigenvalue weighted by molar-refractivity contribution is 0.0594. The van der Waals surface area contributed by atoms with Gasteiger partial charge in [-0.15, -0.1) is 0 Å². The van der Waals surface area contributed by atoms with Crippen LogP contribution in [0.5, 0.6) is 0 Å². The van der Waals surface area contributed by atoms with Crippen LogP contribution in [-0.2, 0) is 4.74 Å². The number of carbonyl (C=O) groups is 1. The highest BCUT2D eigenvalue weighted by Gasteiger charge is 2.18. The molecule has 4 heteroatoms. The summed E-state index contributed by atoms with van der Waals surface area (Å²) in [6, 6.07) is 20.2. The Morgan fingerprint density at radius 2 is 1.71 bits per heavy atom. The van der Waals surface area contributed by atoms with Crippen LogP contribution in [0.4, 0.5) is 0 Å². The van der Waals surface area contributed by atoms with E-state index in [0.29, 0.717) is 5.69 Å². The summed E-state index contributed by atoms with van der Waals surface area (Å²) in [5, 5.41) is 2.09. The van der Waals surface area contributed by atoms with Gasteiger partial charge < -0.3 is 9.30 Å². The zero-order chi connectivity index (χ0) is 16.7. The summed E-state index contributed by atoms with van der Waals surface area (Å²) in [6.45, 7) is 1.92. The van der Waals surface area contributed by atoms with Gasteiger partial charge in [0.15, 0.2) is 0 Å². The number of aromatic nitrogens is 2. The molecule has 0 saturated carbocycles. The summed E-state index contributed by atoms with van der Waals surface area (Å²) in [5.74, 6) is -0.420. The third-order valence-corrected chi connectivity index (χ3v) is 4.23. The topological polar surface area (TPSA) is 44.1 Å². The largest absolute Gasteiger partial charge is 0.464 e. The SMILES string of the molecule is COC(=O)c1cc2c3ccccc3n(-c3ccccc3)c2c(C)n1. The first-order valence-electron chi connectivity index (χ1n) is 7.75. The number of hydrogen-bond donors (Lipinski definition) is 0. The van der Waals surface area contributed by atoms with Gasteiger partial charge >= 0.3 is 5.97 Å². The van der Waals surface area contributed by atoms with E-state index in [0.717, 1.165) is 33.2 Å². The van der Waals surface area contributed by atoms with Crippen molar-refractivity contribution in [2.45, 2.75) is 6.92 Å². The van der Waals surface area contributed by atoms with Crippen molar-refractivity contribution >= 4 is 27.8 Å². The van der Waals surface area contributed by atoms with E-state index < -0.39 is 5.97 Å². The molecule has 2 aromatic heterocycles. The number of pyridine rings is 1. The summed E-state index contributed by atoms with van der Waals surface area (Å²) in [4.78, 5) is 16.4. The van der Waals surface area contributed by atoms with Crippen molar-refractivity contribution in [3.8, 4) is 5.69 Å². The predicted molar refractivity (Wildman–Crippen MR) is 94.7 cm³/mol. The molecule has 4 rings (SSSR count). The average Bonchev–Trinajstić information content (AvgIpc) is 2.97. The van der Waals surface area contributed by atoms with Gasteiger partial charge in [-0.1, -0.05) is 36.4 Å². The minimum Gasteiger partial charge on any atom is -0.464 e. The molecule has 2 aromatic carbocycles. The Labute approximate surface area is 139 Å². The second-order valence-corrected chi connectivity index (χ2v) is 5.67. The van der Waals surface area contributed by atoms with Crippen molar-refractivity contribution in [2.24, 2.45) is 0 Å². The highest BCUT2D eigenvalue weighted by Crippen LogP contribution is 2.33. The number of para-hydroxylation sites is 2. The van der Waals surface area contributed by atoms with Crippen LogP contribution in [0.15, 0.2) is 60.7 Å². The summed E-state index contributed by atoms with van der Waals surface area (Å²) >= 11 is 0. The molecule has 4 nitrogen and oxygen atoms in total. The lowest BCUT2D eigenvalue weighted by Gasteiger charge is -2.09. The lowest BCUT2D eigenvalue weighted by atomic mass is 10.1. The Bertz CT molecular complexity index is 1070. The first-order valence-corrected chi connectivity index (χ1v) is 7.75. The first-order chi connectivity index (χ1) is 11.7. The quantitative estimate of drug-likeness (QED) is 0.519. The molecule has 0 aliphatic rings. The van der Waals surface area contributed by atoms with E-state index >= 15 is 0 Å². The van der Waals surface area contributed by atoms with Gasteiger partial charge in [-0.25, -0.2) is 9.78 Å². The third kappa shape index (κ3) is 2.07. The summed E-state index contributed by atoms with van der Waals surface area (Å²) in [5.41, 5.74) is 4.30. The number of benzene rings is 2. The average molecular weight is 316 g/mol. The van der Waals surface area contributed by atoms with Gasteiger partial charge in [-0.2, -0.15) is 0 Å². The Morgan fingerprint density at radius 1 is 1.00 bits per heavy atom. The van der Waals surface area contributed by atoms with Crippen LogP contribution in [0.1, 0.15) is 16.2 Å². The van der Waals surface area contributed by atoms with E-state index in [2.05, 4.69) is 33.8 Å². The summed E-state index contributed by atoms with van der Waals surface area (Å²) < 4.78 is 7.02. The summed E-state index contributed by atoms with van der Waals surface area (Å²) in [7, 11) is 1.37. The Hall–Kier alpha value is -3.14. The number of methoxy groups -OCH3 is 1. The highest BCUT2D eigenvalue weighted by molar-refractivity contribution is 6.11. The number of rotatable bonds is 2. The van der Waals surface area contributed by atoms with Crippen molar-refractivity contribution in [3.63, 3.8) is 0 Å². The fourth-order valence-electron chi connectivity index (χ4n) is 3.22. The van der Waals surface area contributed by atoms with Crippen LogP contribution in [0.3, 0.4) is 0 Å². The Kier molecular flexibility index (Phi) is 3.31. The molecule has 0 bridgehead atoms. The molecule has 0 aliphatic heterocycles. The minimum absolute atomic E-state index is 0.332. The fraction of sp³-hybridized carbons (Fsp3) is 0.100. The van der Waals surface area contributed by atoms with E-state index in [1.165, 1.54) is 7.11 Å². The lowest BCUT2D eigenvalue weighted by Crippen LogP contribution is -2.06. The Balaban J connectivity index is 2.17. The second-order valence-electron chi connectivity index (χ2n) is 5.67. The molecule has 0 unspecified atom stereocenters. The number of hydrogen-bond acceptors (Lipinski definition) is 3. The van der Waals surface area contributed by atoms with E-state index in [1.54, 1.807) is 0 Å². The van der Waals surface area contributed by atoms with Gasteiger partial charge in [0, 0.05) is 16.5 Å². The molecule has 4 aromatic rings.